The zero-order chi connectivity index (χ0) is 21.1. The summed E-state index contributed by atoms with van der Waals surface area (Å²) in [5, 5.41) is 3.37. The molecule has 158 valence electrons. The molecule has 7 nitrogen and oxygen atoms in total. The highest BCUT2D eigenvalue weighted by atomic mass is 16.5. The standard InChI is InChI=1S/C23H27N3O4/c1-29-20-8-6-19(7-9-20)26-16-25(22(28)23(26)10-12-24-13-11-23)15-17-4-3-5-18(14-17)21(27)30-2/h3-9,14,24H,10-13,15-16H2,1-2H3. The maximum Gasteiger partial charge on any atom is 0.337 e. The number of carbonyl (C=O) groups excluding carboxylic acids is 2. The number of amides is 1. The van der Waals surface area contributed by atoms with Gasteiger partial charge < -0.3 is 24.6 Å². The normalized spacial score (nSPS) is 18.0. The first kappa shape index (κ1) is 20.2. The third kappa shape index (κ3) is 3.61. The number of methoxy groups -OCH3 is 2. The second kappa shape index (κ2) is 8.36. The predicted octanol–water partition coefficient (Wildman–Crippen LogP) is 2.41. The fourth-order valence-corrected chi connectivity index (χ4v) is 4.45. The van der Waals surface area contributed by atoms with Crippen molar-refractivity contribution in [2.45, 2.75) is 24.9 Å². The van der Waals surface area contributed by atoms with Crippen LogP contribution in [0, 0.1) is 0 Å². The van der Waals surface area contributed by atoms with Crippen molar-refractivity contribution in [3.8, 4) is 5.75 Å². The van der Waals surface area contributed by atoms with Crippen molar-refractivity contribution in [3.05, 3.63) is 59.7 Å². The largest absolute Gasteiger partial charge is 0.497 e. The zero-order valence-electron chi connectivity index (χ0n) is 17.4. The van der Waals surface area contributed by atoms with Gasteiger partial charge in [0.2, 0.25) is 5.91 Å². The fourth-order valence-electron chi connectivity index (χ4n) is 4.45. The molecular weight excluding hydrogens is 382 g/mol. The Balaban J connectivity index is 1.62. The first-order valence-corrected chi connectivity index (χ1v) is 10.2. The van der Waals surface area contributed by atoms with E-state index in [4.69, 9.17) is 9.47 Å². The molecule has 0 atom stereocenters. The number of nitrogens with zero attached hydrogens (tertiary/aromatic N) is 2. The van der Waals surface area contributed by atoms with E-state index in [2.05, 4.69) is 10.2 Å². The number of esters is 1. The van der Waals surface area contributed by atoms with Gasteiger partial charge in [0, 0.05) is 12.2 Å². The lowest BCUT2D eigenvalue weighted by Gasteiger charge is -2.40. The summed E-state index contributed by atoms with van der Waals surface area (Å²) in [5.41, 5.74) is 1.87. The Bertz CT molecular complexity index is 922. The Labute approximate surface area is 176 Å². The summed E-state index contributed by atoms with van der Waals surface area (Å²) >= 11 is 0. The molecule has 0 saturated carbocycles. The number of nitrogens with one attached hydrogen (secondary N) is 1. The lowest BCUT2D eigenvalue weighted by molar-refractivity contribution is -0.133. The number of carbonyl (C=O) groups is 2. The first-order valence-electron chi connectivity index (χ1n) is 10.2. The van der Waals surface area contributed by atoms with Crippen molar-refractivity contribution in [2.24, 2.45) is 0 Å². The van der Waals surface area contributed by atoms with Crippen molar-refractivity contribution in [2.75, 3.05) is 38.9 Å². The highest BCUT2D eigenvalue weighted by Crippen LogP contribution is 2.39. The lowest BCUT2D eigenvalue weighted by atomic mass is 9.86. The smallest absolute Gasteiger partial charge is 0.337 e. The van der Waals surface area contributed by atoms with Crippen LogP contribution in [0.15, 0.2) is 48.5 Å². The molecule has 1 spiro atoms. The minimum absolute atomic E-state index is 0.142. The number of anilines is 1. The Morgan fingerprint density at radius 1 is 1.10 bits per heavy atom. The van der Waals surface area contributed by atoms with E-state index in [0.29, 0.717) is 18.8 Å². The van der Waals surface area contributed by atoms with Crippen LogP contribution in [0.4, 0.5) is 5.69 Å². The second-order valence-electron chi connectivity index (χ2n) is 7.74. The molecule has 2 aromatic rings. The number of piperidine rings is 1. The van der Waals surface area contributed by atoms with Gasteiger partial charge in [-0.15, -0.1) is 0 Å². The quantitative estimate of drug-likeness (QED) is 0.765. The minimum Gasteiger partial charge on any atom is -0.497 e. The molecule has 0 aromatic heterocycles. The van der Waals surface area contributed by atoms with Crippen LogP contribution >= 0.6 is 0 Å². The van der Waals surface area contributed by atoms with Gasteiger partial charge in [-0.25, -0.2) is 4.79 Å². The number of hydrogen-bond donors (Lipinski definition) is 1. The lowest BCUT2D eigenvalue weighted by Crippen LogP contribution is -2.55. The summed E-state index contributed by atoms with van der Waals surface area (Å²) in [6.45, 7) is 2.58. The maximum absolute atomic E-state index is 13.6. The molecule has 2 aliphatic heterocycles. The molecule has 2 aromatic carbocycles. The molecule has 2 saturated heterocycles. The molecular formula is C23H27N3O4. The SMILES string of the molecule is COC(=O)c1cccc(CN2CN(c3ccc(OC)cc3)C3(CCNCC3)C2=O)c1. The third-order valence-corrected chi connectivity index (χ3v) is 6.05. The van der Waals surface area contributed by atoms with Gasteiger partial charge in [-0.05, 0) is 67.9 Å². The molecule has 7 heteroatoms. The Kier molecular flexibility index (Phi) is 5.63. The predicted molar refractivity (Wildman–Crippen MR) is 114 cm³/mol. The van der Waals surface area contributed by atoms with Crippen LogP contribution in [-0.4, -0.2) is 56.3 Å². The molecule has 1 N–H and O–H groups in total. The number of hydrogen-bond acceptors (Lipinski definition) is 6. The summed E-state index contributed by atoms with van der Waals surface area (Å²) in [6, 6.07) is 15.2. The summed E-state index contributed by atoms with van der Waals surface area (Å²) in [6.07, 6.45) is 1.52. The summed E-state index contributed by atoms with van der Waals surface area (Å²) in [7, 11) is 3.01. The first-order chi connectivity index (χ1) is 14.6. The van der Waals surface area contributed by atoms with Crippen molar-refractivity contribution < 1.29 is 19.1 Å². The van der Waals surface area contributed by atoms with Crippen LogP contribution in [0.1, 0.15) is 28.8 Å². The van der Waals surface area contributed by atoms with E-state index >= 15 is 0 Å². The molecule has 0 aliphatic carbocycles. The van der Waals surface area contributed by atoms with E-state index < -0.39 is 5.54 Å². The van der Waals surface area contributed by atoms with E-state index in [1.54, 1.807) is 19.2 Å². The van der Waals surface area contributed by atoms with Gasteiger partial charge >= 0.3 is 5.97 Å². The average molecular weight is 409 g/mol. The monoisotopic (exact) mass is 409 g/mol. The van der Waals surface area contributed by atoms with E-state index in [1.807, 2.05) is 41.3 Å². The molecule has 30 heavy (non-hydrogen) atoms. The summed E-state index contributed by atoms with van der Waals surface area (Å²) in [4.78, 5) is 29.6. The van der Waals surface area contributed by atoms with Crippen molar-refractivity contribution in [3.63, 3.8) is 0 Å². The Hall–Kier alpha value is -3.06. The summed E-state index contributed by atoms with van der Waals surface area (Å²) in [5.74, 6) is 0.558. The second-order valence-corrected chi connectivity index (χ2v) is 7.74. The average Bonchev–Trinajstić information content (AvgIpc) is 3.05. The molecule has 2 heterocycles. The van der Waals surface area contributed by atoms with Crippen LogP contribution in [0.5, 0.6) is 5.75 Å². The Morgan fingerprint density at radius 3 is 2.50 bits per heavy atom. The molecule has 0 unspecified atom stereocenters. The third-order valence-electron chi connectivity index (χ3n) is 6.05. The van der Waals surface area contributed by atoms with E-state index in [0.717, 1.165) is 42.9 Å². The van der Waals surface area contributed by atoms with E-state index in [-0.39, 0.29) is 11.9 Å². The van der Waals surface area contributed by atoms with Gasteiger partial charge in [-0.3, -0.25) is 4.79 Å². The molecule has 2 aliphatic rings. The van der Waals surface area contributed by atoms with Gasteiger partial charge in [0.1, 0.15) is 11.3 Å². The molecule has 4 rings (SSSR count). The van der Waals surface area contributed by atoms with Crippen LogP contribution in [0.25, 0.3) is 0 Å². The van der Waals surface area contributed by atoms with Gasteiger partial charge in [0.25, 0.3) is 0 Å². The van der Waals surface area contributed by atoms with Crippen molar-refractivity contribution in [1.82, 2.24) is 10.2 Å². The van der Waals surface area contributed by atoms with Crippen molar-refractivity contribution >= 4 is 17.6 Å². The van der Waals surface area contributed by atoms with Crippen LogP contribution in [-0.2, 0) is 16.1 Å². The van der Waals surface area contributed by atoms with Crippen molar-refractivity contribution in [1.29, 1.82) is 0 Å². The summed E-state index contributed by atoms with van der Waals surface area (Å²) < 4.78 is 10.1. The van der Waals surface area contributed by atoms with Gasteiger partial charge in [0.15, 0.2) is 0 Å². The Morgan fingerprint density at radius 2 is 1.83 bits per heavy atom. The van der Waals surface area contributed by atoms with Gasteiger partial charge in [0.05, 0.1) is 26.5 Å². The fraction of sp³-hybridized carbons (Fsp3) is 0.391. The van der Waals surface area contributed by atoms with Crippen LogP contribution in [0.3, 0.4) is 0 Å². The number of rotatable bonds is 5. The topological polar surface area (TPSA) is 71.1 Å². The van der Waals surface area contributed by atoms with E-state index in [1.165, 1.54) is 7.11 Å². The molecule has 2 fully saturated rings. The van der Waals surface area contributed by atoms with E-state index in [9.17, 15) is 9.59 Å². The zero-order valence-corrected chi connectivity index (χ0v) is 17.4. The number of benzene rings is 2. The molecule has 0 bridgehead atoms. The van der Waals surface area contributed by atoms with Gasteiger partial charge in [-0.1, -0.05) is 12.1 Å². The molecule has 1 amide bonds. The molecule has 0 radical (unpaired) electrons. The van der Waals surface area contributed by atoms with Crippen LogP contribution < -0.4 is 15.0 Å². The number of ether oxygens (including phenoxy) is 2. The van der Waals surface area contributed by atoms with Crippen LogP contribution in [0.2, 0.25) is 0 Å². The maximum atomic E-state index is 13.6. The van der Waals surface area contributed by atoms with Gasteiger partial charge in [-0.2, -0.15) is 0 Å². The minimum atomic E-state index is -0.542. The highest BCUT2D eigenvalue weighted by Gasteiger charge is 2.52. The highest BCUT2D eigenvalue weighted by molar-refractivity contribution is 5.94.